The molecule has 0 unspecified atom stereocenters. The molecule has 150 valence electrons. The molecule has 0 saturated heterocycles. The van der Waals surface area contributed by atoms with Gasteiger partial charge in [0.2, 0.25) is 5.95 Å². The zero-order chi connectivity index (χ0) is 20.7. The number of ether oxygens (including phenoxy) is 1. The topological polar surface area (TPSA) is 105 Å². The van der Waals surface area contributed by atoms with Gasteiger partial charge in [-0.15, -0.1) is 0 Å². The summed E-state index contributed by atoms with van der Waals surface area (Å²) in [5.74, 6) is 0.697. The van der Waals surface area contributed by atoms with Gasteiger partial charge in [-0.05, 0) is 61.6 Å². The van der Waals surface area contributed by atoms with Gasteiger partial charge in [-0.25, -0.2) is 23.1 Å². The third kappa shape index (κ3) is 5.62. The fraction of sp³-hybridized carbons (Fsp3) is 0.105. The smallest absolute Gasteiger partial charge is 0.264 e. The van der Waals surface area contributed by atoms with Crippen LogP contribution in [0.2, 0.25) is 0 Å². The van der Waals surface area contributed by atoms with Gasteiger partial charge in [0.1, 0.15) is 5.75 Å². The molecule has 10 heteroatoms. The Morgan fingerprint density at radius 1 is 1.00 bits per heavy atom. The Bertz CT molecular complexity index is 1070. The third-order valence-corrected chi connectivity index (χ3v) is 5.20. The van der Waals surface area contributed by atoms with Crippen molar-refractivity contribution in [1.82, 2.24) is 9.97 Å². The van der Waals surface area contributed by atoms with Crippen LogP contribution < -0.4 is 20.1 Å². The minimum absolute atomic E-state index is 0.00745. The van der Waals surface area contributed by atoms with Crippen molar-refractivity contribution in [2.24, 2.45) is 0 Å². The fourth-order valence-corrected chi connectivity index (χ4v) is 3.57. The van der Waals surface area contributed by atoms with Crippen LogP contribution in [0.15, 0.2) is 71.9 Å². The number of anilines is 3. The first-order chi connectivity index (χ1) is 14.0. The monoisotopic (exact) mass is 429 g/mol. The van der Waals surface area contributed by atoms with E-state index in [1.54, 1.807) is 18.2 Å². The van der Waals surface area contributed by atoms with Crippen LogP contribution in [0.3, 0.4) is 0 Å². The number of benzene rings is 2. The quantitative estimate of drug-likeness (QED) is 0.490. The van der Waals surface area contributed by atoms with Gasteiger partial charge in [-0.1, -0.05) is 12.1 Å². The Morgan fingerprint density at radius 3 is 2.38 bits per heavy atom. The highest BCUT2D eigenvalue weighted by molar-refractivity contribution is 7.92. The highest BCUT2D eigenvalue weighted by Crippen LogP contribution is 2.24. The molecule has 0 bridgehead atoms. The van der Waals surface area contributed by atoms with E-state index in [1.807, 2.05) is 31.2 Å². The van der Waals surface area contributed by atoms with Crippen molar-refractivity contribution in [2.75, 3.05) is 22.0 Å². The van der Waals surface area contributed by atoms with E-state index < -0.39 is 10.0 Å². The van der Waals surface area contributed by atoms with Crippen LogP contribution in [0.5, 0.6) is 5.75 Å². The molecule has 0 radical (unpaired) electrons. The predicted octanol–water partition coefficient (Wildman–Crippen LogP) is 3.49. The number of aromatic nitrogens is 2. The van der Waals surface area contributed by atoms with Gasteiger partial charge in [-0.2, -0.15) is 0 Å². The SMILES string of the molecule is CCOc1ccccc1NC(=S)Nc1ccc(S(=O)(=O)Nc2ncccn2)cc1. The number of nitrogens with one attached hydrogen (secondary N) is 3. The highest BCUT2D eigenvalue weighted by atomic mass is 32.2. The van der Waals surface area contributed by atoms with E-state index in [-0.39, 0.29) is 10.8 Å². The molecule has 0 saturated carbocycles. The molecule has 0 aliphatic heterocycles. The van der Waals surface area contributed by atoms with Crippen LogP contribution in [0.1, 0.15) is 6.92 Å². The van der Waals surface area contributed by atoms with Gasteiger partial charge >= 0.3 is 0 Å². The summed E-state index contributed by atoms with van der Waals surface area (Å²) in [6.45, 7) is 2.44. The third-order valence-electron chi connectivity index (χ3n) is 3.65. The largest absolute Gasteiger partial charge is 0.492 e. The molecule has 3 N–H and O–H groups in total. The van der Waals surface area contributed by atoms with Gasteiger partial charge in [0, 0.05) is 18.1 Å². The summed E-state index contributed by atoms with van der Waals surface area (Å²) in [6.07, 6.45) is 2.91. The molecule has 0 atom stereocenters. The zero-order valence-corrected chi connectivity index (χ0v) is 17.1. The fourth-order valence-electron chi connectivity index (χ4n) is 2.38. The molecular formula is C19H19N5O3S2. The van der Waals surface area contributed by atoms with Crippen molar-refractivity contribution < 1.29 is 13.2 Å². The van der Waals surface area contributed by atoms with Crippen molar-refractivity contribution in [3.05, 3.63) is 67.0 Å². The second kappa shape index (κ2) is 9.30. The molecule has 1 aromatic heterocycles. The molecule has 3 rings (SSSR count). The van der Waals surface area contributed by atoms with Crippen molar-refractivity contribution in [3.63, 3.8) is 0 Å². The van der Waals surface area contributed by atoms with Gasteiger partial charge in [0.15, 0.2) is 5.11 Å². The molecule has 0 aliphatic carbocycles. The molecule has 0 spiro atoms. The van der Waals surface area contributed by atoms with Gasteiger partial charge < -0.3 is 15.4 Å². The maximum absolute atomic E-state index is 12.4. The average Bonchev–Trinajstić information content (AvgIpc) is 2.70. The minimum Gasteiger partial charge on any atom is -0.492 e. The summed E-state index contributed by atoms with van der Waals surface area (Å²) in [4.78, 5) is 7.79. The van der Waals surface area contributed by atoms with Gasteiger partial charge in [0.25, 0.3) is 10.0 Å². The van der Waals surface area contributed by atoms with E-state index in [0.29, 0.717) is 23.2 Å². The Balaban J connectivity index is 1.65. The lowest BCUT2D eigenvalue weighted by molar-refractivity contribution is 0.342. The van der Waals surface area contributed by atoms with Crippen molar-refractivity contribution in [2.45, 2.75) is 11.8 Å². The molecule has 0 aliphatic rings. The highest BCUT2D eigenvalue weighted by Gasteiger charge is 2.15. The van der Waals surface area contributed by atoms with Crippen LogP contribution in [0.4, 0.5) is 17.3 Å². The normalized spacial score (nSPS) is 10.8. The van der Waals surface area contributed by atoms with E-state index in [9.17, 15) is 8.42 Å². The number of hydrogen-bond acceptors (Lipinski definition) is 6. The van der Waals surface area contributed by atoms with Gasteiger partial charge in [0.05, 0.1) is 17.2 Å². The molecule has 0 amide bonds. The summed E-state index contributed by atoms with van der Waals surface area (Å²) in [7, 11) is -3.79. The van der Waals surface area contributed by atoms with E-state index in [4.69, 9.17) is 17.0 Å². The number of thiocarbonyl (C=S) groups is 1. The summed E-state index contributed by atoms with van der Waals surface area (Å²) >= 11 is 5.33. The van der Waals surface area contributed by atoms with Crippen molar-refractivity contribution in [3.8, 4) is 5.75 Å². The Morgan fingerprint density at radius 2 is 1.69 bits per heavy atom. The van der Waals surface area contributed by atoms with Crippen LogP contribution in [-0.2, 0) is 10.0 Å². The molecule has 29 heavy (non-hydrogen) atoms. The van der Waals surface area contributed by atoms with Crippen molar-refractivity contribution >= 4 is 44.7 Å². The number of nitrogens with zero attached hydrogens (tertiary/aromatic N) is 2. The summed E-state index contributed by atoms with van der Waals surface area (Å²) in [6, 6.07) is 15.2. The lowest BCUT2D eigenvalue weighted by Gasteiger charge is -2.14. The first-order valence-corrected chi connectivity index (χ1v) is 10.6. The second-order valence-electron chi connectivity index (χ2n) is 5.71. The first-order valence-electron chi connectivity index (χ1n) is 8.67. The minimum atomic E-state index is -3.79. The van der Waals surface area contributed by atoms with E-state index >= 15 is 0 Å². The van der Waals surface area contributed by atoms with Crippen molar-refractivity contribution in [1.29, 1.82) is 0 Å². The van der Waals surface area contributed by atoms with Crippen LogP contribution in [-0.4, -0.2) is 30.1 Å². The Hall–Kier alpha value is -3.24. The predicted molar refractivity (Wildman–Crippen MR) is 117 cm³/mol. The number of rotatable bonds is 7. The summed E-state index contributed by atoms with van der Waals surface area (Å²) < 4.78 is 32.7. The number of sulfonamides is 1. The maximum atomic E-state index is 12.4. The Labute approximate surface area is 174 Å². The van der Waals surface area contributed by atoms with Gasteiger partial charge in [-0.3, -0.25) is 0 Å². The zero-order valence-electron chi connectivity index (χ0n) is 15.5. The number of para-hydroxylation sites is 2. The second-order valence-corrected chi connectivity index (χ2v) is 7.80. The molecule has 3 aromatic rings. The van der Waals surface area contributed by atoms with Crippen LogP contribution in [0.25, 0.3) is 0 Å². The molecule has 8 nitrogen and oxygen atoms in total. The van der Waals surface area contributed by atoms with Crippen LogP contribution >= 0.6 is 12.2 Å². The van der Waals surface area contributed by atoms with E-state index in [2.05, 4.69) is 25.3 Å². The van der Waals surface area contributed by atoms with E-state index in [1.165, 1.54) is 24.5 Å². The Kier molecular flexibility index (Phi) is 6.57. The molecule has 1 heterocycles. The summed E-state index contributed by atoms with van der Waals surface area (Å²) in [5.41, 5.74) is 1.37. The lowest BCUT2D eigenvalue weighted by Crippen LogP contribution is -2.20. The van der Waals surface area contributed by atoms with E-state index in [0.717, 1.165) is 5.69 Å². The molecular weight excluding hydrogens is 410 g/mol. The summed E-state index contributed by atoms with van der Waals surface area (Å²) in [5, 5.41) is 6.43. The molecule has 0 fully saturated rings. The standard InChI is InChI=1S/C19H19N5O3S2/c1-2-27-17-7-4-3-6-16(17)23-19(28)22-14-8-10-15(11-9-14)29(25,26)24-18-20-12-5-13-21-18/h3-13H,2H2,1H3,(H,20,21,24)(H2,22,23,28). The number of hydrogen-bond donors (Lipinski definition) is 3. The molecule has 2 aromatic carbocycles. The van der Waals surface area contributed by atoms with Crippen LogP contribution in [0, 0.1) is 0 Å². The average molecular weight is 430 g/mol. The maximum Gasteiger partial charge on any atom is 0.264 e. The first kappa shape index (κ1) is 20.5. The lowest BCUT2D eigenvalue weighted by atomic mass is 10.3.